The van der Waals surface area contributed by atoms with Crippen LogP contribution in [0.4, 0.5) is 5.69 Å². The van der Waals surface area contributed by atoms with Gasteiger partial charge in [-0.05, 0) is 74.4 Å². The number of carbonyl (C=O) groups is 1. The predicted octanol–water partition coefficient (Wildman–Crippen LogP) is 6.12. The number of nitrogens with one attached hydrogen (secondary N) is 1. The molecule has 140 valence electrons. The van der Waals surface area contributed by atoms with Crippen molar-refractivity contribution in [1.82, 2.24) is 0 Å². The summed E-state index contributed by atoms with van der Waals surface area (Å²) in [6, 6.07) is 12.2. The van der Waals surface area contributed by atoms with Crippen molar-refractivity contribution in [2.75, 3.05) is 5.32 Å². The van der Waals surface area contributed by atoms with Crippen LogP contribution in [0.1, 0.15) is 43.1 Å². The Bertz CT molecular complexity index is 965. The van der Waals surface area contributed by atoms with Gasteiger partial charge in [0.25, 0.3) is 5.91 Å². The molecule has 0 unspecified atom stereocenters. The lowest BCUT2D eigenvalue weighted by atomic mass is 10.1. The molecule has 0 aliphatic heterocycles. The Balaban J connectivity index is 1.68. The minimum Gasteiger partial charge on any atom is -0.488 e. The Morgan fingerprint density at radius 3 is 2.33 bits per heavy atom. The number of hydrogen-bond acceptors (Lipinski definition) is 3. The Hall–Kier alpha value is -2.59. The molecule has 27 heavy (non-hydrogen) atoms. The van der Waals surface area contributed by atoms with Crippen molar-refractivity contribution in [2.45, 2.75) is 41.2 Å². The first-order chi connectivity index (χ1) is 12.8. The fraction of sp³-hybridized carbons (Fsp3) is 0.261. The van der Waals surface area contributed by atoms with Gasteiger partial charge in [0.1, 0.15) is 12.4 Å². The maximum absolute atomic E-state index is 12.6. The molecule has 3 aromatic rings. The molecule has 0 fully saturated rings. The van der Waals surface area contributed by atoms with E-state index in [0.717, 1.165) is 39.3 Å². The summed E-state index contributed by atoms with van der Waals surface area (Å²) in [7, 11) is 0. The highest BCUT2D eigenvalue weighted by molar-refractivity contribution is 7.12. The third-order valence-corrected chi connectivity index (χ3v) is 5.48. The third kappa shape index (κ3) is 4.58. The molecular weight excluding hydrogens is 354 g/mol. The summed E-state index contributed by atoms with van der Waals surface area (Å²) in [6.45, 7) is 10.7. The fourth-order valence-corrected chi connectivity index (χ4v) is 3.97. The first kappa shape index (κ1) is 19.2. The molecule has 0 atom stereocenters. The van der Waals surface area contributed by atoms with Crippen LogP contribution in [0.2, 0.25) is 0 Å². The van der Waals surface area contributed by atoms with E-state index >= 15 is 0 Å². The highest BCUT2D eigenvalue weighted by atomic mass is 32.1. The zero-order valence-electron chi connectivity index (χ0n) is 16.5. The molecule has 0 radical (unpaired) electrons. The smallest absolute Gasteiger partial charge is 0.265 e. The van der Waals surface area contributed by atoms with Crippen molar-refractivity contribution >= 4 is 22.9 Å². The summed E-state index contributed by atoms with van der Waals surface area (Å²) in [4.78, 5) is 13.3. The van der Waals surface area contributed by atoms with Crippen molar-refractivity contribution in [3.8, 4) is 5.75 Å². The first-order valence-electron chi connectivity index (χ1n) is 9.00. The molecule has 3 nitrogen and oxygen atoms in total. The Morgan fingerprint density at radius 2 is 1.63 bits per heavy atom. The number of rotatable bonds is 5. The summed E-state index contributed by atoms with van der Waals surface area (Å²) in [5, 5.41) is 4.99. The molecule has 0 bridgehead atoms. The molecule has 0 aliphatic rings. The van der Waals surface area contributed by atoms with E-state index in [2.05, 4.69) is 38.2 Å². The number of thiophene rings is 1. The quantitative estimate of drug-likeness (QED) is 0.580. The zero-order chi connectivity index (χ0) is 19.6. The van der Waals surface area contributed by atoms with Gasteiger partial charge in [0.05, 0.1) is 4.88 Å². The molecule has 1 amide bonds. The van der Waals surface area contributed by atoms with Crippen LogP contribution >= 0.6 is 11.3 Å². The van der Waals surface area contributed by atoms with Gasteiger partial charge in [0.2, 0.25) is 0 Å². The number of anilines is 1. The summed E-state index contributed by atoms with van der Waals surface area (Å²) in [6.07, 6.45) is 0. The van der Waals surface area contributed by atoms with Crippen LogP contribution in [-0.4, -0.2) is 5.91 Å². The van der Waals surface area contributed by atoms with E-state index in [1.165, 1.54) is 16.9 Å². The molecule has 3 rings (SSSR count). The normalized spacial score (nSPS) is 10.7. The molecule has 1 N–H and O–H groups in total. The number of amides is 1. The molecule has 1 heterocycles. The fourth-order valence-electron chi connectivity index (χ4n) is 3.17. The van der Waals surface area contributed by atoms with Gasteiger partial charge in [-0.3, -0.25) is 4.79 Å². The van der Waals surface area contributed by atoms with Crippen molar-refractivity contribution < 1.29 is 9.53 Å². The molecular formula is C23H25NO2S. The highest BCUT2D eigenvalue weighted by Crippen LogP contribution is 2.26. The third-order valence-electron chi connectivity index (χ3n) is 4.51. The lowest BCUT2D eigenvalue weighted by Gasteiger charge is -2.12. The monoisotopic (exact) mass is 379 g/mol. The lowest BCUT2D eigenvalue weighted by Crippen LogP contribution is -2.11. The maximum atomic E-state index is 12.6. The van der Waals surface area contributed by atoms with Gasteiger partial charge < -0.3 is 10.1 Å². The van der Waals surface area contributed by atoms with Crippen molar-refractivity contribution in [3.05, 3.63) is 80.0 Å². The summed E-state index contributed by atoms with van der Waals surface area (Å²) >= 11 is 1.44. The molecule has 0 aliphatic carbocycles. The van der Waals surface area contributed by atoms with Gasteiger partial charge in [0, 0.05) is 11.3 Å². The van der Waals surface area contributed by atoms with Crippen LogP contribution in [0.15, 0.2) is 41.8 Å². The zero-order valence-corrected chi connectivity index (χ0v) is 17.3. The van der Waals surface area contributed by atoms with Crippen LogP contribution in [-0.2, 0) is 6.61 Å². The van der Waals surface area contributed by atoms with E-state index in [1.54, 1.807) is 0 Å². The number of benzene rings is 2. The number of hydrogen-bond donors (Lipinski definition) is 1. The second-order valence-corrected chi connectivity index (χ2v) is 8.02. The van der Waals surface area contributed by atoms with Gasteiger partial charge in [0.15, 0.2) is 0 Å². The van der Waals surface area contributed by atoms with Gasteiger partial charge in [-0.1, -0.05) is 29.8 Å². The van der Waals surface area contributed by atoms with E-state index in [4.69, 9.17) is 4.74 Å². The Kier molecular flexibility index (Phi) is 5.66. The topological polar surface area (TPSA) is 38.3 Å². The van der Waals surface area contributed by atoms with Gasteiger partial charge in [-0.25, -0.2) is 0 Å². The van der Waals surface area contributed by atoms with Crippen LogP contribution in [0.25, 0.3) is 0 Å². The number of ether oxygens (including phenoxy) is 1. The summed E-state index contributed by atoms with van der Waals surface area (Å²) in [5.74, 6) is 0.843. The van der Waals surface area contributed by atoms with E-state index in [0.29, 0.717) is 11.5 Å². The lowest BCUT2D eigenvalue weighted by molar-refractivity contribution is 0.103. The minimum atomic E-state index is -0.0809. The number of aryl methyl sites for hydroxylation is 5. The largest absolute Gasteiger partial charge is 0.488 e. The van der Waals surface area contributed by atoms with E-state index in [9.17, 15) is 4.79 Å². The van der Waals surface area contributed by atoms with Crippen LogP contribution < -0.4 is 10.1 Å². The van der Waals surface area contributed by atoms with Crippen molar-refractivity contribution in [3.63, 3.8) is 0 Å². The first-order valence-corrected chi connectivity index (χ1v) is 9.88. The SMILES string of the molecule is Cc1cc(C)c(OCc2csc(C(=O)Nc3cc(C)ccc3C)c2)c(C)c1. The van der Waals surface area contributed by atoms with Gasteiger partial charge >= 0.3 is 0 Å². The summed E-state index contributed by atoms with van der Waals surface area (Å²) < 4.78 is 6.03. The predicted molar refractivity (Wildman–Crippen MR) is 113 cm³/mol. The van der Waals surface area contributed by atoms with E-state index in [-0.39, 0.29) is 5.91 Å². The average Bonchev–Trinajstić information content (AvgIpc) is 3.06. The van der Waals surface area contributed by atoms with Crippen LogP contribution in [0.3, 0.4) is 0 Å². The average molecular weight is 380 g/mol. The van der Waals surface area contributed by atoms with Crippen LogP contribution in [0.5, 0.6) is 5.75 Å². The maximum Gasteiger partial charge on any atom is 0.265 e. The molecule has 4 heteroatoms. The second kappa shape index (κ2) is 7.97. The van der Waals surface area contributed by atoms with Crippen molar-refractivity contribution in [1.29, 1.82) is 0 Å². The second-order valence-electron chi connectivity index (χ2n) is 7.11. The minimum absolute atomic E-state index is 0.0809. The molecule has 0 saturated heterocycles. The van der Waals surface area contributed by atoms with Gasteiger partial charge in [-0.2, -0.15) is 0 Å². The Labute approximate surface area is 165 Å². The van der Waals surface area contributed by atoms with Gasteiger partial charge in [-0.15, -0.1) is 11.3 Å². The van der Waals surface area contributed by atoms with Crippen LogP contribution in [0, 0.1) is 34.6 Å². The molecule has 2 aromatic carbocycles. The molecule has 0 spiro atoms. The highest BCUT2D eigenvalue weighted by Gasteiger charge is 2.12. The summed E-state index contributed by atoms with van der Waals surface area (Å²) in [5.41, 5.74) is 7.55. The van der Waals surface area contributed by atoms with E-state index in [1.807, 2.05) is 43.5 Å². The molecule has 1 aromatic heterocycles. The standard InChI is InChI=1S/C23H25NO2S/c1-14-6-7-16(3)20(10-14)24-23(25)21-11-19(13-27-21)12-26-22-17(4)8-15(2)9-18(22)5/h6-11,13H,12H2,1-5H3,(H,24,25). The van der Waals surface area contributed by atoms with E-state index < -0.39 is 0 Å². The Morgan fingerprint density at radius 1 is 0.926 bits per heavy atom. The van der Waals surface area contributed by atoms with Crippen molar-refractivity contribution in [2.24, 2.45) is 0 Å². The molecule has 0 saturated carbocycles. The number of carbonyl (C=O) groups excluding carboxylic acids is 1.